The normalized spacial score (nSPS) is 19.7. The fourth-order valence-corrected chi connectivity index (χ4v) is 3.86. The quantitative estimate of drug-likeness (QED) is 0.296. The molecule has 2 atom stereocenters. The minimum Gasteiger partial charge on any atom is -0.467 e. The van der Waals surface area contributed by atoms with Crippen LogP contribution >= 0.6 is 0 Å². The lowest BCUT2D eigenvalue weighted by atomic mass is 10.2. The maximum atomic E-state index is 12.5. The van der Waals surface area contributed by atoms with E-state index in [-0.39, 0.29) is 13.0 Å². The van der Waals surface area contributed by atoms with Gasteiger partial charge in [0.15, 0.2) is 0 Å². The molecule has 160 valence electrons. The van der Waals surface area contributed by atoms with E-state index in [0.717, 1.165) is 30.2 Å². The number of ether oxygens (including phenoxy) is 2. The summed E-state index contributed by atoms with van der Waals surface area (Å²) in [5.74, 6) is -0.741. The Morgan fingerprint density at radius 1 is 1.28 bits per heavy atom. The average molecular weight is 430 g/mol. The highest BCUT2D eigenvalue weighted by Gasteiger charge is 2.44. The minimum absolute atomic E-state index is 0.139. The zero-order valence-corrected chi connectivity index (χ0v) is 17.2. The number of nitro benzene ring substituents is 1. The standard InChI is InChI=1S/C17H22N2O9S/c1-17(2,3)27-16(21)18-10-12(9-14(18)15(20)26-4)28-29(24,25)13-7-5-6-11(8-13)19(22)23/h5-8,12,14H,9-10H2,1-4H3. The molecule has 1 aliphatic rings. The molecule has 2 rings (SSSR count). The highest BCUT2D eigenvalue weighted by Crippen LogP contribution is 2.28. The molecule has 11 nitrogen and oxygen atoms in total. The largest absolute Gasteiger partial charge is 0.467 e. The van der Waals surface area contributed by atoms with Crippen molar-refractivity contribution < 1.29 is 36.6 Å². The summed E-state index contributed by atoms with van der Waals surface area (Å²) < 4.78 is 40.1. The summed E-state index contributed by atoms with van der Waals surface area (Å²) in [5, 5.41) is 10.9. The fourth-order valence-electron chi connectivity index (χ4n) is 2.74. The van der Waals surface area contributed by atoms with E-state index in [1.165, 1.54) is 6.07 Å². The van der Waals surface area contributed by atoms with Crippen LogP contribution in [0.4, 0.5) is 10.5 Å². The number of rotatable bonds is 5. The number of non-ortho nitro benzene ring substituents is 1. The lowest BCUT2D eigenvalue weighted by Gasteiger charge is -2.27. The summed E-state index contributed by atoms with van der Waals surface area (Å²) in [6.45, 7) is 4.71. The molecule has 12 heteroatoms. The van der Waals surface area contributed by atoms with Gasteiger partial charge in [0.25, 0.3) is 15.8 Å². The van der Waals surface area contributed by atoms with Crippen LogP contribution < -0.4 is 0 Å². The second-order valence-electron chi connectivity index (χ2n) is 7.33. The molecule has 1 fully saturated rings. The van der Waals surface area contributed by atoms with Crippen molar-refractivity contribution in [2.24, 2.45) is 0 Å². The van der Waals surface area contributed by atoms with Gasteiger partial charge in [0.05, 0.1) is 24.7 Å². The molecule has 1 saturated heterocycles. The van der Waals surface area contributed by atoms with Crippen LogP contribution in [0.5, 0.6) is 0 Å². The molecule has 1 amide bonds. The molecular formula is C17H22N2O9S. The summed E-state index contributed by atoms with van der Waals surface area (Å²) in [6, 6.07) is 3.30. The fraction of sp³-hybridized carbons (Fsp3) is 0.529. The molecule has 1 aromatic carbocycles. The molecule has 0 N–H and O–H groups in total. The zero-order valence-electron chi connectivity index (χ0n) is 16.4. The average Bonchev–Trinajstić information content (AvgIpc) is 3.03. The van der Waals surface area contributed by atoms with Gasteiger partial charge in [-0.25, -0.2) is 9.59 Å². The molecule has 1 aromatic rings. The van der Waals surface area contributed by atoms with Crippen molar-refractivity contribution in [3.05, 3.63) is 34.4 Å². The first-order valence-electron chi connectivity index (χ1n) is 8.59. The zero-order chi connectivity index (χ0) is 22.0. The number of nitro groups is 1. The number of esters is 1. The molecule has 0 aromatic heterocycles. The van der Waals surface area contributed by atoms with Crippen molar-refractivity contribution in [3.8, 4) is 0 Å². The Hall–Kier alpha value is -2.73. The van der Waals surface area contributed by atoms with E-state index in [9.17, 15) is 28.1 Å². The Balaban J connectivity index is 2.22. The first-order valence-corrected chi connectivity index (χ1v) is 10.00. The maximum Gasteiger partial charge on any atom is 0.411 e. The molecule has 1 aliphatic heterocycles. The Morgan fingerprint density at radius 2 is 1.93 bits per heavy atom. The molecule has 0 bridgehead atoms. The van der Waals surface area contributed by atoms with Gasteiger partial charge < -0.3 is 9.47 Å². The topological polar surface area (TPSA) is 142 Å². The smallest absolute Gasteiger partial charge is 0.411 e. The first kappa shape index (κ1) is 22.6. The Bertz CT molecular complexity index is 908. The SMILES string of the molecule is COC(=O)C1CC(OS(=O)(=O)c2cccc([N+](=O)[O-])c2)CN1C(=O)OC(C)(C)C. The lowest BCUT2D eigenvalue weighted by molar-refractivity contribution is -0.385. The number of carbonyl (C=O) groups excluding carboxylic acids is 2. The van der Waals surface area contributed by atoms with Crippen molar-refractivity contribution in [2.75, 3.05) is 13.7 Å². The molecule has 1 heterocycles. The predicted molar refractivity (Wildman–Crippen MR) is 98.5 cm³/mol. The number of benzene rings is 1. The van der Waals surface area contributed by atoms with Crippen molar-refractivity contribution in [1.29, 1.82) is 0 Å². The van der Waals surface area contributed by atoms with Gasteiger partial charge in [-0.3, -0.25) is 19.2 Å². The molecule has 0 saturated carbocycles. The second kappa shape index (κ2) is 8.33. The van der Waals surface area contributed by atoms with E-state index in [4.69, 9.17) is 8.92 Å². The third-order valence-corrected chi connectivity index (χ3v) is 5.30. The summed E-state index contributed by atoms with van der Waals surface area (Å²) in [4.78, 5) is 35.2. The minimum atomic E-state index is -4.38. The van der Waals surface area contributed by atoms with Gasteiger partial charge in [-0.1, -0.05) is 6.07 Å². The summed E-state index contributed by atoms with van der Waals surface area (Å²) >= 11 is 0. The molecule has 0 spiro atoms. The van der Waals surface area contributed by atoms with Gasteiger partial charge in [0.1, 0.15) is 16.5 Å². The highest BCUT2D eigenvalue weighted by atomic mass is 32.2. The van der Waals surface area contributed by atoms with E-state index < -0.39 is 55.4 Å². The number of methoxy groups -OCH3 is 1. The van der Waals surface area contributed by atoms with E-state index >= 15 is 0 Å². The van der Waals surface area contributed by atoms with E-state index in [0.29, 0.717) is 0 Å². The maximum absolute atomic E-state index is 12.5. The van der Waals surface area contributed by atoms with Gasteiger partial charge in [-0.2, -0.15) is 8.42 Å². The Labute approximate surface area is 167 Å². The van der Waals surface area contributed by atoms with Gasteiger partial charge in [0.2, 0.25) is 0 Å². The Kier molecular flexibility index (Phi) is 6.48. The van der Waals surface area contributed by atoms with E-state index in [1.54, 1.807) is 20.8 Å². The van der Waals surface area contributed by atoms with Crippen LogP contribution in [0.1, 0.15) is 27.2 Å². The van der Waals surface area contributed by atoms with Crippen molar-refractivity contribution >= 4 is 27.9 Å². The Morgan fingerprint density at radius 3 is 2.48 bits per heavy atom. The molecule has 0 aliphatic carbocycles. The molecule has 29 heavy (non-hydrogen) atoms. The van der Waals surface area contributed by atoms with Gasteiger partial charge in [0, 0.05) is 18.6 Å². The third kappa shape index (κ3) is 5.64. The molecule has 2 unspecified atom stereocenters. The number of carbonyl (C=O) groups is 2. The van der Waals surface area contributed by atoms with Crippen LogP contribution in [0.2, 0.25) is 0 Å². The van der Waals surface area contributed by atoms with Crippen molar-refractivity contribution in [1.82, 2.24) is 4.90 Å². The number of likely N-dealkylation sites (tertiary alicyclic amines) is 1. The van der Waals surface area contributed by atoms with Crippen LogP contribution in [0, 0.1) is 10.1 Å². The van der Waals surface area contributed by atoms with Crippen LogP contribution in [0.3, 0.4) is 0 Å². The van der Waals surface area contributed by atoms with Crippen LogP contribution in [0.25, 0.3) is 0 Å². The predicted octanol–water partition coefficient (Wildman–Crippen LogP) is 1.85. The van der Waals surface area contributed by atoms with Crippen molar-refractivity contribution in [2.45, 2.75) is 49.8 Å². The summed E-state index contributed by atoms with van der Waals surface area (Å²) in [6.07, 6.45) is -2.01. The number of hydrogen-bond acceptors (Lipinski definition) is 9. The van der Waals surface area contributed by atoms with Gasteiger partial charge >= 0.3 is 12.1 Å². The van der Waals surface area contributed by atoms with Crippen LogP contribution in [-0.4, -0.2) is 61.7 Å². The highest BCUT2D eigenvalue weighted by molar-refractivity contribution is 7.86. The second-order valence-corrected chi connectivity index (χ2v) is 8.91. The van der Waals surface area contributed by atoms with Gasteiger partial charge in [-0.15, -0.1) is 0 Å². The summed E-state index contributed by atoms with van der Waals surface area (Å²) in [7, 11) is -3.23. The third-order valence-electron chi connectivity index (χ3n) is 3.94. The molecule has 0 radical (unpaired) electrons. The number of hydrogen-bond donors (Lipinski definition) is 0. The van der Waals surface area contributed by atoms with Crippen LogP contribution in [-0.2, 0) is 28.6 Å². The van der Waals surface area contributed by atoms with Crippen LogP contribution in [0.15, 0.2) is 29.2 Å². The van der Waals surface area contributed by atoms with Crippen molar-refractivity contribution in [3.63, 3.8) is 0 Å². The van der Waals surface area contributed by atoms with E-state index in [1.807, 2.05) is 0 Å². The molecular weight excluding hydrogens is 408 g/mol. The first-order chi connectivity index (χ1) is 13.3. The van der Waals surface area contributed by atoms with E-state index in [2.05, 4.69) is 4.74 Å². The van der Waals surface area contributed by atoms with Gasteiger partial charge in [-0.05, 0) is 26.8 Å². The number of nitrogens with zero attached hydrogens (tertiary/aromatic N) is 2. The lowest BCUT2D eigenvalue weighted by Crippen LogP contribution is -2.44. The monoisotopic (exact) mass is 430 g/mol. The number of amides is 1. The summed E-state index contributed by atoms with van der Waals surface area (Å²) in [5.41, 5.74) is -1.24.